The Morgan fingerprint density at radius 3 is 2.57 bits per heavy atom. The van der Waals surface area contributed by atoms with Crippen molar-refractivity contribution in [3.63, 3.8) is 0 Å². The van der Waals surface area contributed by atoms with Gasteiger partial charge in [-0.25, -0.2) is 14.2 Å². The van der Waals surface area contributed by atoms with Crippen LogP contribution in [-0.2, 0) is 11.2 Å². The topological polar surface area (TPSA) is 42.4 Å². The van der Waals surface area contributed by atoms with Crippen LogP contribution in [0.2, 0.25) is 10.2 Å². The number of ether oxygens (including phenoxy) is 1. The van der Waals surface area contributed by atoms with E-state index in [1.54, 1.807) is 4.90 Å². The maximum Gasteiger partial charge on any atom is 0.410 e. The molecule has 0 N–H and O–H groups in total. The van der Waals surface area contributed by atoms with Crippen molar-refractivity contribution in [2.45, 2.75) is 45.6 Å². The van der Waals surface area contributed by atoms with Gasteiger partial charge in [-0.3, -0.25) is 0 Å². The number of nitrogens with zero attached hydrogens (tertiary/aromatic N) is 2. The van der Waals surface area contributed by atoms with E-state index in [1.165, 1.54) is 6.07 Å². The predicted molar refractivity (Wildman–Crippen MR) is 88.5 cm³/mol. The molecule has 0 saturated carbocycles. The number of amides is 1. The Labute approximate surface area is 145 Å². The van der Waals surface area contributed by atoms with Crippen LogP contribution in [0.15, 0.2) is 6.07 Å². The van der Waals surface area contributed by atoms with Gasteiger partial charge in [0.15, 0.2) is 5.82 Å². The van der Waals surface area contributed by atoms with Crippen LogP contribution in [0.5, 0.6) is 0 Å². The van der Waals surface area contributed by atoms with Gasteiger partial charge in [-0.15, -0.1) is 0 Å². The van der Waals surface area contributed by atoms with Gasteiger partial charge in [0, 0.05) is 13.1 Å². The second-order valence-electron chi connectivity index (χ2n) is 6.80. The van der Waals surface area contributed by atoms with Crippen molar-refractivity contribution in [1.82, 2.24) is 9.88 Å². The second kappa shape index (κ2) is 7.22. The molecule has 7 heteroatoms. The van der Waals surface area contributed by atoms with Gasteiger partial charge in [0.05, 0.1) is 10.7 Å². The molecule has 1 saturated heterocycles. The number of hydrogen-bond donors (Lipinski definition) is 0. The lowest BCUT2D eigenvalue weighted by Gasteiger charge is -2.33. The first-order valence-electron chi connectivity index (χ1n) is 7.64. The van der Waals surface area contributed by atoms with Crippen molar-refractivity contribution in [3.05, 3.63) is 27.8 Å². The molecule has 0 unspecified atom stereocenters. The molecule has 1 aliphatic rings. The van der Waals surface area contributed by atoms with Crippen LogP contribution >= 0.6 is 23.2 Å². The average Bonchev–Trinajstić information content (AvgIpc) is 2.43. The van der Waals surface area contributed by atoms with Crippen LogP contribution in [-0.4, -0.2) is 34.7 Å². The number of aromatic nitrogens is 1. The predicted octanol–water partition coefficient (Wildman–Crippen LogP) is 4.72. The van der Waals surface area contributed by atoms with E-state index in [2.05, 4.69) is 4.98 Å². The summed E-state index contributed by atoms with van der Waals surface area (Å²) in [5.74, 6) is -0.268. The van der Waals surface area contributed by atoms with Gasteiger partial charge in [-0.1, -0.05) is 23.2 Å². The zero-order valence-electron chi connectivity index (χ0n) is 13.5. The maximum absolute atomic E-state index is 14.0. The second-order valence-corrected chi connectivity index (χ2v) is 7.60. The molecule has 2 rings (SSSR count). The van der Waals surface area contributed by atoms with Crippen molar-refractivity contribution in [1.29, 1.82) is 0 Å². The third kappa shape index (κ3) is 5.21. The fraction of sp³-hybridized carbons (Fsp3) is 0.625. The Morgan fingerprint density at radius 1 is 1.39 bits per heavy atom. The number of pyridine rings is 1. The molecule has 1 aliphatic heterocycles. The van der Waals surface area contributed by atoms with Gasteiger partial charge in [0.25, 0.3) is 0 Å². The quantitative estimate of drug-likeness (QED) is 0.715. The molecule has 0 radical (unpaired) electrons. The van der Waals surface area contributed by atoms with Crippen molar-refractivity contribution in [2.75, 3.05) is 13.1 Å². The van der Waals surface area contributed by atoms with Crippen molar-refractivity contribution in [3.8, 4) is 0 Å². The molecule has 1 fully saturated rings. The number of carbonyl (C=O) groups excluding carboxylic acids is 1. The smallest absolute Gasteiger partial charge is 0.410 e. The van der Waals surface area contributed by atoms with Crippen molar-refractivity contribution < 1.29 is 13.9 Å². The molecule has 23 heavy (non-hydrogen) atoms. The number of likely N-dealkylation sites (tertiary alicyclic amines) is 1. The standard InChI is InChI=1S/C16H21Cl2FN2O2/c1-16(2,3)23-15(22)21-6-4-10(5-7-21)8-12-14(19)11(17)9-13(18)20-12/h9-10H,4-8H2,1-3H3. The van der Waals surface area contributed by atoms with Crippen LogP contribution < -0.4 is 0 Å². The molecular formula is C16H21Cl2FN2O2. The molecular weight excluding hydrogens is 342 g/mol. The van der Waals surface area contributed by atoms with Crippen molar-refractivity contribution in [2.24, 2.45) is 5.92 Å². The van der Waals surface area contributed by atoms with Gasteiger partial charge in [0.1, 0.15) is 10.8 Å². The van der Waals surface area contributed by atoms with Crippen LogP contribution in [0, 0.1) is 11.7 Å². The van der Waals surface area contributed by atoms with E-state index in [-0.39, 0.29) is 22.2 Å². The normalized spacial score (nSPS) is 16.5. The zero-order chi connectivity index (χ0) is 17.2. The van der Waals surface area contributed by atoms with Gasteiger partial charge < -0.3 is 9.64 Å². The molecule has 1 aromatic rings. The van der Waals surface area contributed by atoms with E-state index < -0.39 is 11.4 Å². The summed E-state index contributed by atoms with van der Waals surface area (Å²) in [4.78, 5) is 17.7. The molecule has 1 amide bonds. The van der Waals surface area contributed by atoms with E-state index in [9.17, 15) is 9.18 Å². The van der Waals surface area contributed by atoms with E-state index in [1.807, 2.05) is 20.8 Å². The molecule has 0 aromatic carbocycles. The first-order valence-corrected chi connectivity index (χ1v) is 8.39. The first kappa shape index (κ1) is 18.3. The summed E-state index contributed by atoms with van der Waals surface area (Å²) < 4.78 is 19.4. The number of piperidine rings is 1. The summed E-state index contributed by atoms with van der Waals surface area (Å²) in [7, 11) is 0. The molecule has 2 heterocycles. The van der Waals surface area contributed by atoms with Gasteiger partial charge in [-0.2, -0.15) is 0 Å². The Balaban J connectivity index is 1.92. The minimum Gasteiger partial charge on any atom is -0.444 e. The summed E-state index contributed by atoms with van der Waals surface area (Å²) in [5, 5.41) is 0.184. The summed E-state index contributed by atoms with van der Waals surface area (Å²) in [6.45, 7) is 6.71. The van der Waals surface area contributed by atoms with E-state index >= 15 is 0 Å². The van der Waals surface area contributed by atoms with Crippen LogP contribution in [0.1, 0.15) is 39.3 Å². The zero-order valence-corrected chi connectivity index (χ0v) is 15.0. The maximum atomic E-state index is 14.0. The average molecular weight is 363 g/mol. The lowest BCUT2D eigenvalue weighted by molar-refractivity contribution is 0.0183. The Hall–Kier alpha value is -1.07. The largest absolute Gasteiger partial charge is 0.444 e. The molecule has 1 aromatic heterocycles. The molecule has 0 bridgehead atoms. The molecule has 4 nitrogen and oxygen atoms in total. The van der Waals surface area contributed by atoms with Crippen LogP contribution in [0.25, 0.3) is 0 Å². The molecule has 128 valence electrons. The van der Waals surface area contributed by atoms with Crippen molar-refractivity contribution >= 4 is 29.3 Å². The van der Waals surface area contributed by atoms with Gasteiger partial charge in [-0.05, 0) is 52.0 Å². The highest BCUT2D eigenvalue weighted by Crippen LogP contribution is 2.27. The van der Waals surface area contributed by atoms with Crippen LogP contribution in [0.4, 0.5) is 9.18 Å². The minimum absolute atomic E-state index is 0.00816. The van der Waals surface area contributed by atoms with E-state index in [0.717, 1.165) is 12.8 Å². The Morgan fingerprint density at radius 2 is 2.00 bits per heavy atom. The monoisotopic (exact) mass is 362 g/mol. The minimum atomic E-state index is -0.509. The highest BCUT2D eigenvalue weighted by Gasteiger charge is 2.27. The number of hydrogen-bond acceptors (Lipinski definition) is 3. The number of rotatable bonds is 2. The fourth-order valence-electron chi connectivity index (χ4n) is 2.57. The summed E-state index contributed by atoms with van der Waals surface area (Å²) in [6, 6.07) is 1.30. The Bertz CT molecular complexity index is 582. The Kier molecular flexibility index (Phi) is 5.74. The third-order valence-corrected chi connectivity index (χ3v) is 4.17. The fourth-order valence-corrected chi connectivity index (χ4v) is 3.05. The molecule has 0 aliphatic carbocycles. The lowest BCUT2D eigenvalue weighted by Crippen LogP contribution is -2.42. The van der Waals surface area contributed by atoms with Crippen LogP contribution in [0.3, 0.4) is 0 Å². The SMILES string of the molecule is CC(C)(C)OC(=O)N1CCC(Cc2nc(Cl)cc(Cl)c2F)CC1. The molecule has 0 atom stereocenters. The van der Waals surface area contributed by atoms with Gasteiger partial charge in [0.2, 0.25) is 0 Å². The summed E-state index contributed by atoms with van der Waals surface area (Å²) in [6.07, 6.45) is 1.70. The summed E-state index contributed by atoms with van der Waals surface area (Å²) >= 11 is 11.6. The third-order valence-electron chi connectivity index (χ3n) is 3.70. The van der Waals surface area contributed by atoms with E-state index in [0.29, 0.717) is 25.2 Å². The highest BCUT2D eigenvalue weighted by molar-refractivity contribution is 6.34. The number of carbonyl (C=O) groups is 1. The first-order chi connectivity index (χ1) is 10.7. The van der Waals surface area contributed by atoms with Gasteiger partial charge >= 0.3 is 6.09 Å². The van der Waals surface area contributed by atoms with E-state index in [4.69, 9.17) is 27.9 Å². The highest BCUT2D eigenvalue weighted by atomic mass is 35.5. The molecule has 0 spiro atoms. The summed E-state index contributed by atoms with van der Waals surface area (Å²) in [5.41, 5.74) is -0.211. The lowest BCUT2D eigenvalue weighted by atomic mass is 9.92. The number of halogens is 3.